The SMILES string of the molecule is NC1(CC(=O)N2CCC(C(O)c3ccccc3)CC2)CCC1. The Bertz CT molecular complexity index is 505. The van der Waals surface area contributed by atoms with Crippen molar-refractivity contribution >= 4 is 5.91 Å². The van der Waals surface area contributed by atoms with Crippen LogP contribution >= 0.6 is 0 Å². The van der Waals surface area contributed by atoms with E-state index in [1.165, 1.54) is 0 Å². The molecule has 1 aromatic carbocycles. The predicted octanol–water partition coefficient (Wildman–Crippen LogP) is 2.23. The number of aliphatic hydroxyl groups excluding tert-OH is 1. The number of carbonyl (C=O) groups excluding carboxylic acids is 1. The molecule has 3 rings (SSSR count). The Labute approximate surface area is 132 Å². The van der Waals surface area contributed by atoms with Gasteiger partial charge < -0.3 is 15.7 Å². The van der Waals surface area contributed by atoms with Crippen molar-refractivity contribution in [3.63, 3.8) is 0 Å². The van der Waals surface area contributed by atoms with Gasteiger partial charge in [-0.05, 0) is 43.6 Å². The van der Waals surface area contributed by atoms with Crippen molar-refractivity contribution < 1.29 is 9.90 Å². The molecule has 1 saturated carbocycles. The maximum atomic E-state index is 12.3. The van der Waals surface area contributed by atoms with E-state index < -0.39 is 6.10 Å². The molecule has 0 aromatic heterocycles. The molecule has 0 spiro atoms. The maximum Gasteiger partial charge on any atom is 0.224 e. The van der Waals surface area contributed by atoms with E-state index >= 15 is 0 Å². The molecule has 3 N–H and O–H groups in total. The highest BCUT2D eigenvalue weighted by atomic mass is 16.3. The number of amides is 1. The van der Waals surface area contributed by atoms with Crippen molar-refractivity contribution in [2.24, 2.45) is 11.7 Å². The normalized spacial score (nSPS) is 22.9. The molecule has 0 radical (unpaired) electrons. The van der Waals surface area contributed by atoms with Gasteiger partial charge in [0, 0.05) is 25.0 Å². The highest BCUT2D eigenvalue weighted by Crippen LogP contribution is 2.34. The summed E-state index contributed by atoms with van der Waals surface area (Å²) < 4.78 is 0. The molecule has 1 aliphatic carbocycles. The number of nitrogens with zero attached hydrogens (tertiary/aromatic N) is 1. The van der Waals surface area contributed by atoms with E-state index in [9.17, 15) is 9.90 Å². The number of nitrogens with two attached hydrogens (primary N) is 1. The van der Waals surface area contributed by atoms with Gasteiger partial charge in [0.15, 0.2) is 0 Å². The monoisotopic (exact) mass is 302 g/mol. The molecule has 120 valence electrons. The van der Waals surface area contributed by atoms with Crippen LogP contribution in [0.2, 0.25) is 0 Å². The summed E-state index contributed by atoms with van der Waals surface area (Å²) in [6.45, 7) is 1.48. The third-order valence-corrected chi connectivity index (χ3v) is 5.33. The van der Waals surface area contributed by atoms with Gasteiger partial charge in [0.25, 0.3) is 0 Å². The van der Waals surface area contributed by atoms with Gasteiger partial charge in [-0.2, -0.15) is 0 Å². The molecule has 1 unspecified atom stereocenters. The number of carbonyl (C=O) groups is 1. The highest BCUT2D eigenvalue weighted by molar-refractivity contribution is 5.77. The average molecular weight is 302 g/mol. The van der Waals surface area contributed by atoms with Crippen LogP contribution in [-0.4, -0.2) is 34.5 Å². The van der Waals surface area contributed by atoms with Crippen molar-refractivity contribution in [1.82, 2.24) is 4.90 Å². The Morgan fingerprint density at radius 1 is 1.27 bits per heavy atom. The van der Waals surface area contributed by atoms with Gasteiger partial charge in [0.05, 0.1) is 6.10 Å². The summed E-state index contributed by atoms with van der Waals surface area (Å²) in [6.07, 6.45) is 4.88. The molecular formula is C18H26N2O2. The van der Waals surface area contributed by atoms with Gasteiger partial charge in [0.1, 0.15) is 0 Å². The number of hydrogen-bond acceptors (Lipinski definition) is 3. The smallest absolute Gasteiger partial charge is 0.224 e. The summed E-state index contributed by atoms with van der Waals surface area (Å²) in [7, 11) is 0. The topological polar surface area (TPSA) is 66.6 Å². The Morgan fingerprint density at radius 2 is 1.91 bits per heavy atom. The lowest BCUT2D eigenvalue weighted by atomic mass is 9.75. The molecule has 4 heteroatoms. The van der Waals surface area contributed by atoms with E-state index in [-0.39, 0.29) is 17.4 Å². The van der Waals surface area contributed by atoms with Gasteiger partial charge in [-0.3, -0.25) is 4.79 Å². The fourth-order valence-electron chi connectivity index (χ4n) is 3.61. The number of rotatable bonds is 4. The predicted molar refractivity (Wildman–Crippen MR) is 86.1 cm³/mol. The molecular weight excluding hydrogens is 276 g/mol. The molecule has 1 aliphatic heterocycles. The zero-order chi connectivity index (χ0) is 15.6. The number of benzene rings is 1. The zero-order valence-electron chi connectivity index (χ0n) is 13.1. The molecule has 1 atom stereocenters. The summed E-state index contributed by atoms with van der Waals surface area (Å²) in [5.41, 5.74) is 6.91. The van der Waals surface area contributed by atoms with Crippen LogP contribution in [-0.2, 0) is 4.79 Å². The molecule has 1 saturated heterocycles. The second-order valence-electron chi connectivity index (χ2n) is 6.97. The van der Waals surface area contributed by atoms with Crippen LogP contribution < -0.4 is 5.73 Å². The first-order valence-electron chi connectivity index (χ1n) is 8.37. The molecule has 0 bridgehead atoms. The van der Waals surface area contributed by atoms with Crippen LogP contribution in [0.25, 0.3) is 0 Å². The summed E-state index contributed by atoms with van der Waals surface area (Å²) in [5.74, 6) is 0.428. The molecule has 1 aromatic rings. The number of piperidine rings is 1. The summed E-state index contributed by atoms with van der Waals surface area (Å²) >= 11 is 0. The fourth-order valence-corrected chi connectivity index (χ4v) is 3.61. The Balaban J connectivity index is 1.51. The fraction of sp³-hybridized carbons (Fsp3) is 0.611. The van der Waals surface area contributed by atoms with Gasteiger partial charge in [-0.15, -0.1) is 0 Å². The number of hydrogen-bond donors (Lipinski definition) is 2. The van der Waals surface area contributed by atoms with E-state index in [0.717, 1.165) is 50.8 Å². The first kappa shape index (κ1) is 15.5. The van der Waals surface area contributed by atoms with Crippen molar-refractivity contribution in [2.45, 2.75) is 50.2 Å². The van der Waals surface area contributed by atoms with Crippen LogP contribution in [0.3, 0.4) is 0 Å². The third kappa shape index (κ3) is 3.33. The van der Waals surface area contributed by atoms with Crippen LogP contribution in [0.1, 0.15) is 50.2 Å². The van der Waals surface area contributed by atoms with Crippen LogP contribution in [0.15, 0.2) is 30.3 Å². The van der Waals surface area contributed by atoms with Gasteiger partial charge in [-0.1, -0.05) is 30.3 Å². The van der Waals surface area contributed by atoms with E-state index in [1.807, 2.05) is 35.2 Å². The molecule has 2 aliphatic rings. The average Bonchev–Trinajstić information content (AvgIpc) is 2.53. The zero-order valence-corrected chi connectivity index (χ0v) is 13.1. The molecule has 1 amide bonds. The van der Waals surface area contributed by atoms with Crippen LogP contribution in [0.4, 0.5) is 0 Å². The molecule has 2 fully saturated rings. The Hall–Kier alpha value is -1.39. The standard InChI is InChI=1S/C18H26N2O2/c19-18(9-4-10-18)13-16(21)20-11-7-15(8-12-20)17(22)14-5-2-1-3-6-14/h1-3,5-6,15,17,22H,4,7-13,19H2. The molecule has 22 heavy (non-hydrogen) atoms. The molecule has 4 nitrogen and oxygen atoms in total. The van der Waals surface area contributed by atoms with Crippen molar-refractivity contribution in [3.05, 3.63) is 35.9 Å². The van der Waals surface area contributed by atoms with Gasteiger partial charge >= 0.3 is 0 Å². The Kier molecular flexibility index (Phi) is 4.50. The quantitative estimate of drug-likeness (QED) is 0.896. The van der Waals surface area contributed by atoms with Crippen molar-refractivity contribution in [1.29, 1.82) is 0 Å². The molecule has 1 heterocycles. The number of likely N-dealkylation sites (tertiary alicyclic amines) is 1. The van der Waals surface area contributed by atoms with E-state index in [2.05, 4.69) is 0 Å². The lowest BCUT2D eigenvalue weighted by Gasteiger charge is -2.40. The van der Waals surface area contributed by atoms with Crippen LogP contribution in [0, 0.1) is 5.92 Å². The summed E-state index contributed by atoms with van der Waals surface area (Å²) in [6, 6.07) is 9.81. The van der Waals surface area contributed by atoms with Crippen molar-refractivity contribution in [2.75, 3.05) is 13.1 Å². The highest BCUT2D eigenvalue weighted by Gasteiger charge is 2.37. The van der Waals surface area contributed by atoms with E-state index in [1.54, 1.807) is 0 Å². The third-order valence-electron chi connectivity index (χ3n) is 5.33. The first-order valence-corrected chi connectivity index (χ1v) is 8.37. The minimum absolute atomic E-state index is 0.190. The number of aliphatic hydroxyl groups is 1. The second-order valence-corrected chi connectivity index (χ2v) is 6.97. The minimum Gasteiger partial charge on any atom is -0.388 e. The first-order chi connectivity index (χ1) is 10.6. The minimum atomic E-state index is -0.425. The summed E-state index contributed by atoms with van der Waals surface area (Å²) in [5, 5.41) is 10.5. The summed E-state index contributed by atoms with van der Waals surface area (Å²) in [4.78, 5) is 14.3. The lowest BCUT2D eigenvalue weighted by molar-refractivity contribution is -0.135. The van der Waals surface area contributed by atoms with E-state index in [4.69, 9.17) is 5.73 Å². The van der Waals surface area contributed by atoms with E-state index in [0.29, 0.717) is 6.42 Å². The second kappa shape index (κ2) is 6.39. The van der Waals surface area contributed by atoms with Gasteiger partial charge in [-0.25, -0.2) is 0 Å². The Morgan fingerprint density at radius 3 is 2.45 bits per heavy atom. The maximum absolute atomic E-state index is 12.3. The largest absolute Gasteiger partial charge is 0.388 e. The van der Waals surface area contributed by atoms with Crippen molar-refractivity contribution in [3.8, 4) is 0 Å². The lowest BCUT2D eigenvalue weighted by Crippen LogP contribution is -2.51. The van der Waals surface area contributed by atoms with Gasteiger partial charge in [0.2, 0.25) is 5.91 Å². The van der Waals surface area contributed by atoms with Crippen LogP contribution in [0.5, 0.6) is 0 Å².